The molecule has 3 aromatic rings. The summed E-state index contributed by atoms with van der Waals surface area (Å²) in [6.07, 6.45) is 0. The number of hydrogen-bond donors (Lipinski definition) is 1. The third-order valence-electron chi connectivity index (χ3n) is 4.11. The highest BCUT2D eigenvalue weighted by atomic mass is 79.9. The Morgan fingerprint density at radius 2 is 1.53 bits per heavy atom. The molecule has 0 aliphatic rings. The molecule has 154 valence electrons. The normalized spacial score (nSPS) is 10.2. The van der Waals surface area contributed by atoms with Crippen LogP contribution in [0.25, 0.3) is 0 Å². The molecule has 1 amide bonds. The van der Waals surface area contributed by atoms with Crippen LogP contribution in [-0.4, -0.2) is 32.2 Å². The molecule has 3 rings (SSSR count). The van der Waals surface area contributed by atoms with Gasteiger partial charge in [0.1, 0.15) is 24.7 Å². The maximum Gasteiger partial charge on any atom is 0.337 e. The number of para-hydroxylation sites is 1. The minimum atomic E-state index is -0.429. The first-order valence-corrected chi connectivity index (χ1v) is 9.96. The molecular formula is C23H20BrNO5. The van der Waals surface area contributed by atoms with E-state index in [0.29, 0.717) is 40.3 Å². The van der Waals surface area contributed by atoms with Crippen LogP contribution in [0.2, 0.25) is 0 Å². The van der Waals surface area contributed by atoms with E-state index in [2.05, 4.69) is 26.0 Å². The number of carbonyl (C=O) groups excluding carboxylic acids is 2. The van der Waals surface area contributed by atoms with Gasteiger partial charge < -0.3 is 19.5 Å². The molecule has 7 heteroatoms. The Bertz CT molecular complexity index is 1010. The van der Waals surface area contributed by atoms with Gasteiger partial charge in [-0.1, -0.05) is 18.2 Å². The van der Waals surface area contributed by atoms with Gasteiger partial charge in [-0.25, -0.2) is 4.79 Å². The quantitative estimate of drug-likeness (QED) is 0.373. The topological polar surface area (TPSA) is 73.9 Å². The van der Waals surface area contributed by atoms with E-state index in [9.17, 15) is 9.59 Å². The van der Waals surface area contributed by atoms with E-state index >= 15 is 0 Å². The molecule has 0 atom stereocenters. The second-order valence-electron chi connectivity index (χ2n) is 6.18. The van der Waals surface area contributed by atoms with Gasteiger partial charge in [0.2, 0.25) is 0 Å². The number of rotatable bonds is 8. The number of anilines is 1. The fourth-order valence-electron chi connectivity index (χ4n) is 2.60. The summed E-state index contributed by atoms with van der Waals surface area (Å²) in [5.74, 6) is 0.694. The van der Waals surface area contributed by atoms with Gasteiger partial charge in [0.05, 0.1) is 17.1 Å². The molecule has 0 radical (unpaired) electrons. The summed E-state index contributed by atoms with van der Waals surface area (Å²) in [5.41, 5.74) is 1.45. The van der Waals surface area contributed by atoms with Gasteiger partial charge in [0, 0.05) is 11.3 Å². The molecule has 0 spiro atoms. The van der Waals surface area contributed by atoms with Crippen LogP contribution in [-0.2, 0) is 4.74 Å². The Kier molecular flexibility index (Phi) is 7.45. The number of amides is 1. The van der Waals surface area contributed by atoms with Crippen LogP contribution < -0.4 is 14.8 Å². The van der Waals surface area contributed by atoms with Gasteiger partial charge in [0.25, 0.3) is 5.91 Å². The average Bonchev–Trinajstić information content (AvgIpc) is 2.78. The van der Waals surface area contributed by atoms with Crippen molar-refractivity contribution >= 4 is 33.5 Å². The van der Waals surface area contributed by atoms with E-state index in [1.165, 1.54) is 7.11 Å². The first-order chi connectivity index (χ1) is 14.6. The number of ether oxygens (including phenoxy) is 3. The lowest BCUT2D eigenvalue weighted by atomic mass is 10.1. The number of carbonyl (C=O) groups is 2. The Morgan fingerprint density at radius 3 is 2.20 bits per heavy atom. The molecule has 6 nitrogen and oxygen atoms in total. The molecule has 0 fully saturated rings. The van der Waals surface area contributed by atoms with E-state index in [0.717, 1.165) is 5.75 Å². The number of benzene rings is 3. The minimum absolute atomic E-state index is 0.277. The fourth-order valence-corrected chi connectivity index (χ4v) is 3.09. The lowest BCUT2D eigenvalue weighted by molar-refractivity contribution is 0.0600. The SMILES string of the molecule is COC(=O)c1ccc(NC(=O)c2ccc(OCCOc3ccccc3)c(Br)c2)cc1. The van der Waals surface area contributed by atoms with Crippen LogP contribution >= 0.6 is 15.9 Å². The van der Waals surface area contributed by atoms with Crippen molar-refractivity contribution in [3.8, 4) is 11.5 Å². The first-order valence-electron chi connectivity index (χ1n) is 9.17. The molecule has 30 heavy (non-hydrogen) atoms. The third-order valence-corrected chi connectivity index (χ3v) is 4.73. The minimum Gasteiger partial charge on any atom is -0.490 e. The summed E-state index contributed by atoms with van der Waals surface area (Å²) in [6.45, 7) is 0.770. The zero-order valence-corrected chi connectivity index (χ0v) is 17.8. The number of methoxy groups -OCH3 is 1. The van der Waals surface area contributed by atoms with Crippen molar-refractivity contribution in [3.05, 3.63) is 88.4 Å². The zero-order chi connectivity index (χ0) is 21.3. The standard InChI is InChI=1S/C23H20BrNO5/c1-28-23(27)16-7-10-18(11-8-16)25-22(26)17-9-12-21(20(24)15-17)30-14-13-29-19-5-3-2-4-6-19/h2-12,15H,13-14H2,1H3,(H,25,26). The van der Waals surface area contributed by atoms with Crippen LogP contribution in [0.4, 0.5) is 5.69 Å². The van der Waals surface area contributed by atoms with Crippen LogP contribution in [0.5, 0.6) is 11.5 Å². The summed E-state index contributed by atoms with van der Waals surface area (Å²) < 4.78 is 16.6. The Hall–Kier alpha value is -3.32. The summed E-state index contributed by atoms with van der Waals surface area (Å²) >= 11 is 3.43. The van der Waals surface area contributed by atoms with Gasteiger partial charge in [-0.15, -0.1) is 0 Å². The predicted molar refractivity (Wildman–Crippen MR) is 117 cm³/mol. The molecule has 3 aromatic carbocycles. The van der Waals surface area contributed by atoms with Gasteiger partial charge in [0.15, 0.2) is 0 Å². The number of nitrogens with one attached hydrogen (secondary N) is 1. The summed E-state index contributed by atoms with van der Waals surface area (Å²) in [4.78, 5) is 24.0. The predicted octanol–water partition coefficient (Wildman–Crippen LogP) is 4.95. The van der Waals surface area contributed by atoms with E-state index in [1.807, 2.05) is 30.3 Å². The average molecular weight is 470 g/mol. The molecule has 1 N–H and O–H groups in total. The van der Waals surface area contributed by atoms with Gasteiger partial charge in [-0.2, -0.15) is 0 Å². The molecule has 0 bridgehead atoms. The van der Waals surface area contributed by atoms with E-state index in [1.54, 1.807) is 42.5 Å². The largest absolute Gasteiger partial charge is 0.490 e. The van der Waals surface area contributed by atoms with Crippen LogP contribution in [0.1, 0.15) is 20.7 Å². The molecule has 0 aliphatic heterocycles. The van der Waals surface area contributed by atoms with E-state index in [4.69, 9.17) is 9.47 Å². The molecule has 0 aromatic heterocycles. The smallest absolute Gasteiger partial charge is 0.337 e. The van der Waals surface area contributed by atoms with E-state index < -0.39 is 5.97 Å². The van der Waals surface area contributed by atoms with Gasteiger partial charge in [-0.05, 0) is 70.5 Å². The molecule has 0 saturated heterocycles. The summed E-state index contributed by atoms with van der Waals surface area (Å²) in [7, 11) is 1.32. The van der Waals surface area contributed by atoms with Gasteiger partial charge >= 0.3 is 5.97 Å². The third kappa shape index (κ3) is 5.84. The number of halogens is 1. The van der Waals surface area contributed by atoms with Gasteiger partial charge in [-0.3, -0.25) is 4.79 Å². The van der Waals surface area contributed by atoms with Crippen molar-refractivity contribution in [2.75, 3.05) is 25.6 Å². The highest BCUT2D eigenvalue weighted by molar-refractivity contribution is 9.10. The van der Waals surface area contributed by atoms with Crippen molar-refractivity contribution in [1.29, 1.82) is 0 Å². The molecule has 0 unspecified atom stereocenters. The number of esters is 1. The molecule has 0 aliphatic carbocycles. The van der Waals surface area contributed by atoms with Crippen molar-refractivity contribution in [1.82, 2.24) is 0 Å². The van der Waals surface area contributed by atoms with Crippen LogP contribution in [0.3, 0.4) is 0 Å². The second kappa shape index (κ2) is 10.5. The van der Waals surface area contributed by atoms with E-state index in [-0.39, 0.29) is 5.91 Å². The van der Waals surface area contributed by atoms with Crippen molar-refractivity contribution in [2.45, 2.75) is 0 Å². The monoisotopic (exact) mass is 469 g/mol. The lowest BCUT2D eigenvalue weighted by Gasteiger charge is -2.11. The Balaban J connectivity index is 1.53. The molecule has 0 heterocycles. The maximum atomic E-state index is 12.5. The van der Waals surface area contributed by atoms with Crippen LogP contribution in [0.15, 0.2) is 77.3 Å². The summed E-state index contributed by atoms with van der Waals surface area (Å²) in [5, 5.41) is 2.79. The Labute approximate surface area is 182 Å². The van der Waals surface area contributed by atoms with Crippen molar-refractivity contribution < 1.29 is 23.8 Å². The fraction of sp³-hybridized carbons (Fsp3) is 0.130. The second-order valence-corrected chi connectivity index (χ2v) is 7.03. The van der Waals surface area contributed by atoms with Crippen molar-refractivity contribution in [2.24, 2.45) is 0 Å². The highest BCUT2D eigenvalue weighted by Crippen LogP contribution is 2.26. The zero-order valence-electron chi connectivity index (χ0n) is 16.3. The number of hydrogen-bond acceptors (Lipinski definition) is 5. The maximum absolute atomic E-state index is 12.5. The first kappa shape index (κ1) is 21.4. The Morgan fingerprint density at radius 1 is 0.867 bits per heavy atom. The molecule has 0 saturated carbocycles. The van der Waals surface area contributed by atoms with Crippen LogP contribution in [0, 0.1) is 0 Å². The van der Waals surface area contributed by atoms with Crippen molar-refractivity contribution in [3.63, 3.8) is 0 Å². The molecular weight excluding hydrogens is 450 g/mol. The highest BCUT2D eigenvalue weighted by Gasteiger charge is 2.11. The lowest BCUT2D eigenvalue weighted by Crippen LogP contribution is -2.13. The summed E-state index contributed by atoms with van der Waals surface area (Å²) in [6, 6.07) is 21.1.